The van der Waals surface area contributed by atoms with Crippen molar-refractivity contribution < 1.29 is 19.0 Å². The van der Waals surface area contributed by atoms with E-state index in [4.69, 9.17) is 14.2 Å². The quantitative estimate of drug-likeness (QED) is 0.350. The number of ether oxygens (including phenoxy) is 3. The third-order valence-electron chi connectivity index (χ3n) is 7.56. The number of methoxy groups -OCH3 is 3. The molecule has 1 N–H and O–H groups in total. The lowest BCUT2D eigenvalue weighted by molar-refractivity contribution is 0.194. The van der Waals surface area contributed by atoms with Gasteiger partial charge in [-0.2, -0.15) is 0 Å². The molecule has 1 atom stereocenters. The number of hydrogen-bond acceptors (Lipinski definition) is 6. The van der Waals surface area contributed by atoms with Crippen LogP contribution in [-0.2, 0) is 19.5 Å². The van der Waals surface area contributed by atoms with Crippen LogP contribution in [-0.4, -0.2) is 55.3 Å². The van der Waals surface area contributed by atoms with Gasteiger partial charge in [-0.25, -0.2) is 4.79 Å². The van der Waals surface area contributed by atoms with Crippen molar-refractivity contribution in [2.75, 3.05) is 40.2 Å². The van der Waals surface area contributed by atoms with Crippen LogP contribution in [0.2, 0.25) is 0 Å². The zero-order valence-corrected chi connectivity index (χ0v) is 23.4. The molecule has 2 aromatic heterocycles. The number of hydrogen-bond donors (Lipinski definition) is 1. The van der Waals surface area contributed by atoms with E-state index in [-0.39, 0.29) is 12.1 Å². The summed E-state index contributed by atoms with van der Waals surface area (Å²) in [6.07, 6.45) is 3.09. The smallest absolute Gasteiger partial charge is 0.322 e. The third kappa shape index (κ3) is 4.51. The molecule has 4 aromatic rings. The molecule has 202 valence electrons. The predicted octanol–water partition coefficient (Wildman–Crippen LogP) is 5.69. The normalized spacial score (nSPS) is 16.5. The first kappa shape index (κ1) is 25.3. The van der Waals surface area contributed by atoms with Crippen molar-refractivity contribution in [2.45, 2.75) is 25.6 Å². The molecule has 6 rings (SSSR count). The highest BCUT2D eigenvalue weighted by Gasteiger charge is 2.36. The van der Waals surface area contributed by atoms with Crippen molar-refractivity contribution in [3.05, 3.63) is 88.1 Å². The summed E-state index contributed by atoms with van der Waals surface area (Å²) in [5.74, 6) is 1.92. The van der Waals surface area contributed by atoms with E-state index in [1.807, 2.05) is 40.5 Å². The molecule has 0 saturated heterocycles. The Bertz CT molecular complexity index is 1530. The lowest BCUT2D eigenvalue weighted by Gasteiger charge is -2.32. The number of aromatic nitrogens is 1. The number of thiophene rings is 1. The van der Waals surface area contributed by atoms with Gasteiger partial charge in [-0.15, -0.1) is 11.3 Å². The first-order chi connectivity index (χ1) is 19.0. The molecule has 2 aliphatic heterocycles. The molecule has 0 aliphatic carbocycles. The molecule has 2 aliphatic rings. The largest absolute Gasteiger partial charge is 0.497 e. The van der Waals surface area contributed by atoms with Crippen molar-refractivity contribution in [1.29, 1.82) is 0 Å². The molecule has 0 radical (unpaired) electrons. The Morgan fingerprint density at radius 1 is 0.949 bits per heavy atom. The van der Waals surface area contributed by atoms with E-state index in [1.165, 1.54) is 21.0 Å². The molecule has 0 bridgehead atoms. The predicted molar refractivity (Wildman–Crippen MR) is 153 cm³/mol. The van der Waals surface area contributed by atoms with Gasteiger partial charge in [-0.05, 0) is 61.0 Å². The van der Waals surface area contributed by atoms with Crippen molar-refractivity contribution in [3.8, 4) is 22.2 Å². The molecular weight excluding hydrogens is 512 g/mol. The van der Waals surface area contributed by atoms with E-state index in [2.05, 4.69) is 46.2 Å². The summed E-state index contributed by atoms with van der Waals surface area (Å²) in [5, 5.41) is 4.33. The number of anilines is 1. The van der Waals surface area contributed by atoms with E-state index >= 15 is 0 Å². The van der Waals surface area contributed by atoms with Crippen LogP contribution >= 0.6 is 11.3 Å². The maximum Gasteiger partial charge on any atom is 0.322 e. The lowest BCUT2D eigenvalue weighted by Crippen LogP contribution is -2.38. The zero-order chi connectivity index (χ0) is 27.1. The number of nitrogens with zero attached hydrogens (tertiary/aromatic N) is 3. The first-order valence-electron chi connectivity index (χ1n) is 12.9. The molecule has 9 heteroatoms. The number of urea groups is 1. The monoisotopic (exact) mass is 544 g/mol. The Labute approximate surface area is 232 Å². The van der Waals surface area contributed by atoms with Crippen LogP contribution in [0, 0.1) is 0 Å². The van der Waals surface area contributed by atoms with Crippen molar-refractivity contribution >= 4 is 23.1 Å². The fraction of sp³-hybridized carbons (Fsp3) is 0.300. The number of carbonyl (C=O) groups is 1. The average molecular weight is 545 g/mol. The van der Waals surface area contributed by atoms with E-state index in [1.54, 1.807) is 33.5 Å². The molecule has 2 amide bonds. The number of fused-ring (bicyclic) bond motifs is 5. The first-order valence-corrected chi connectivity index (χ1v) is 13.8. The van der Waals surface area contributed by atoms with Crippen LogP contribution in [0.4, 0.5) is 10.5 Å². The van der Waals surface area contributed by atoms with Gasteiger partial charge in [0.1, 0.15) is 10.8 Å². The Morgan fingerprint density at radius 3 is 2.59 bits per heavy atom. The summed E-state index contributed by atoms with van der Waals surface area (Å²) >= 11 is 1.84. The van der Waals surface area contributed by atoms with E-state index in [0.717, 1.165) is 36.5 Å². The molecule has 39 heavy (non-hydrogen) atoms. The van der Waals surface area contributed by atoms with Crippen LogP contribution in [0.1, 0.15) is 33.3 Å². The summed E-state index contributed by atoms with van der Waals surface area (Å²) < 4.78 is 18.7. The minimum atomic E-state index is -0.322. The molecule has 0 unspecified atom stereocenters. The van der Waals surface area contributed by atoms with Crippen LogP contribution in [0.25, 0.3) is 5.00 Å². The van der Waals surface area contributed by atoms with Crippen molar-refractivity contribution in [3.63, 3.8) is 0 Å². The van der Waals surface area contributed by atoms with E-state index in [9.17, 15) is 4.79 Å². The van der Waals surface area contributed by atoms with Gasteiger partial charge in [-0.1, -0.05) is 12.1 Å². The Hall–Kier alpha value is -3.95. The average Bonchev–Trinajstić information content (AvgIpc) is 3.54. The maximum atomic E-state index is 14.2. The summed E-state index contributed by atoms with van der Waals surface area (Å²) in [6.45, 7) is 2.43. The minimum Gasteiger partial charge on any atom is -0.497 e. The minimum absolute atomic E-state index is 0.191. The van der Waals surface area contributed by atoms with Gasteiger partial charge < -0.3 is 33.9 Å². The zero-order valence-electron chi connectivity index (χ0n) is 22.6. The summed E-state index contributed by atoms with van der Waals surface area (Å²) in [6, 6.07) is 17.0. The number of nitrogens with one attached hydrogen (secondary N) is 1. The molecular formula is C30H32N4O4S. The van der Waals surface area contributed by atoms with Gasteiger partial charge >= 0.3 is 6.03 Å². The highest BCUT2D eigenvalue weighted by atomic mass is 32.1. The van der Waals surface area contributed by atoms with E-state index in [0.29, 0.717) is 23.7 Å². The summed E-state index contributed by atoms with van der Waals surface area (Å²) in [4.78, 5) is 19.9. The van der Waals surface area contributed by atoms with Gasteiger partial charge in [0, 0.05) is 41.5 Å². The second-order valence-corrected chi connectivity index (χ2v) is 11.0. The molecule has 0 spiro atoms. The van der Waals surface area contributed by atoms with Crippen molar-refractivity contribution in [1.82, 2.24) is 14.4 Å². The summed E-state index contributed by atoms with van der Waals surface area (Å²) in [5.41, 5.74) is 5.27. The fourth-order valence-electron chi connectivity index (χ4n) is 5.62. The van der Waals surface area contributed by atoms with Crippen LogP contribution in [0.15, 0.2) is 60.8 Å². The van der Waals surface area contributed by atoms with Crippen LogP contribution in [0.5, 0.6) is 17.2 Å². The number of benzene rings is 2. The Kier molecular flexibility index (Phi) is 6.70. The van der Waals surface area contributed by atoms with Crippen molar-refractivity contribution in [2.24, 2.45) is 0 Å². The highest BCUT2D eigenvalue weighted by Crippen LogP contribution is 2.44. The third-order valence-corrected chi connectivity index (χ3v) is 8.82. The van der Waals surface area contributed by atoms with E-state index < -0.39 is 0 Å². The molecule has 4 heterocycles. The standard InChI is InChI=1S/C30H32N4O4S/c1-32-14-12-22-23-17-34(30(35)31-20-10-11-25(37-3)26(16-20)38-4)28(19-7-5-8-21(15-19)36-2)24-9-6-13-33(24)29(23)39-27(22)18-32/h5-11,13,15-16,28H,12,14,17-18H2,1-4H3,(H,31,35)/t28-/m1/s1. The van der Waals surface area contributed by atoms with Crippen LogP contribution in [0.3, 0.4) is 0 Å². The Morgan fingerprint density at radius 2 is 1.79 bits per heavy atom. The van der Waals surface area contributed by atoms with Gasteiger partial charge in [0.15, 0.2) is 11.5 Å². The van der Waals surface area contributed by atoms with Gasteiger partial charge in [0.05, 0.1) is 39.6 Å². The molecule has 0 fully saturated rings. The molecule has 2 aromatic carbocycles. The highest BCUT2D eigenvalue weighted by molar-refractivity contribution is 7.15. The lowest BCUT2D eigenvalue weighted by atomic mass is 10.00. The number of rotatable bonds is 5. The summed E-state index contributed by atoms with van der Waals surface area (Å²) in [7, 11) is 7.01. The fourth-order valence-corrected chi connectivity index (χ4v) is 7.07. The number of amides is 2. The van der Waals surface area contributed by atoms with Gasteiger partial charge in [-0.3, -0.25) is 0 Å². The molecule has 8 nitrogen and oxygen atoms in total. The number of carbonyl (C=O) groups excluding carboxylic acids is 1. The Balaban J connectivity index is 1.47. The molecule has 0 saturated carbocycles. The maximum absolute atomic E-state index is 14.2. The SMILES string of the molecule is COc1cccc([C@@H]2c3cccn3-c3sc4c(c3CN2C(=O)Nc2ccc(OC)c(OC)c2)CCN(C)C4)c1. The second kappa shape index (κ2) is 10.3. The number of likely N-dealkylation sites (N-methyl/N-ethyl adjacent to an activating group) is 1. The second-order valence-electron chi connectivity index (χ2n) is 9.89. The van der Waals surface area contributed by atoms with Gasteiger partial charge in [0.25, 0.3) is 0 Å². The van der Waals surface area contributed by atoms with Gasteiger partial charge in [0.2, 0.25) is 0 Å². The topological polar surface area (TPSA) is 68.2 Å². The van der Waals surface area contributed by atoms with Crippen LogP contribution < -0.4 is 19.5 Å².